The molecule has 2 nitrogen and oxygen atoms in total. The van der Waals surface area contributed by atoms with Gasteiger partial charge in [0, 0.05) is 12.6 Å². The highest BCUT2D eigenvalue weighted by atomic mass is 16.5. The van der Waals surface area contributed by atoms with E-state index in [0.717, 1.165) is 18.3 Å². The van der Waals surface area contributed by atoms with Crippen LogP contribution in [0.2, 0.25) is 0 Å². The lowest BCUT2D eigenvalue weighted by atomic mass is 9.93. The maximum absolute atomic E-state index is 5.79. The van der Waals surface area contributed by atoms with Crippen LogP contribution >= 0.6 is 0 Å². The summed E-state index contributed by atoms with van der Waals surface area (Å²) < 4.78 is 5.79. The van der Waals surface area contributed by atoms with Crippen molar-refractivity contribution in [2.45, 2.75) is 58.2 Å². The van der Waals surface area contributed by atoms with Crippen LogP contribution in [0.15, 0.2) is 24.3 Å². The topological polar surface area (TPSA) is 21.3 Å². The molecule has 0 aliphatic heterocycles. The Hall–Kier alpha value is -1.02. The Morgan fingerprint density at radius 1 is 1.18 bits per heavy atom. The van der Waals surface area contributed by atoms with Gasteiger partial charge in [-0.3, -0.25) is 0 Å². The molecule has 1 aliphatic rings. The lowest BCUT2D eigenvalue weighted by molar-refractivity contribution is 0.131. The van der Waals surface area contributed by atoms with Gasteiger partial charge in [0.25, 0.3) is 0 Å². The van der Waals surface area contributed by atoms with E-state index in [0.29, 0.717) is 0 Å². The summed E-state index contributed by atoms with van der Waals surface area (Å²) in [6, 6.07) is 9.16. The van der Waals surface area contributed by atoms with E-state index in [1.165, 1.54) is 24.8 Å². The van der Waals surface area contributed by atoms with Crippen LogP contribution in [0, 0.1) is 0 Å². The largest absolute Gasteiger partial charge is 0.488 e. The quantitative estimate of drug-likeness (QED) is 0.859. The maximum atomic E-state index is 5.79. The lowest BCUT2D eigenvalue weighted by Gasteiger charge is -2.26. The van der Waals surface area contributed by atoms with Crippen molar-refractivity contribution in [3.05, 3.63) is 29.8 Å². The van der Waals surface area contributed by atoms with Gasteiger partial charge in [0.05, 0.1) is 0 Å². The molecule has 0 bridgehead atoms. The number of hydrogen-bond donors (Lipinski definition) is 1. The number of benzene rings is 1. The Morgan fingerprint density at radius 2 is 1.82 bits per heavy atom. The third-order valence-electron chi connectivity index (χ3n) is 3.05. The van der Waals surface area contributed by atoms with Crippen LogP contribution in [-0.2, 0) is 6.54 Å². The van der Waals surface area contributed by atoms with Crippen LogP contribution in [0.25, 0.3) is 0 Å². The summed E-state index contributed by atoms with van der Waals surface area (Å²) in [6.07, 6.45) is 4.06. The first-order valence-corrected chi connectivity index (χ1v) is 6.54. The summed E-state index contributed by atoms with van der Waals surface area (Å²) in [4.78, 5) is 0. The van der Waals surface area contributed by atoms with Gasteiger partial charge in [0.15, 0.2) is 0 Å². The molecule has 94 valence electrons. The Morgan fingerprint density at radius 3 is 2.29 bits per heavy atom. The van der Waals surface area contributed by atoms with Crippen LogP contribution in [0.1, 0.15) is 45.6 Å². The molecule has 1 aliphatic carbocycles. The van der Waals surface area contributed by atoms with Crippen molar-refractivity contribution in [3.63, 3.8) is 0 Å². The van der Waals surface area contributed by atoms with Gasteiger partial charge < -0.3 is 10.1 Å². The monoisotopic (exact) mass is 233 g/mol. The van der Waals surface area contributed by atoms with Crippen molar-refractivity contribution >= 4 is 0 Å². The van der Waals surface area contributed by atoms with Gasteiger partial charge in [-0.15, -0.1) is 0 Å². The fourth-order valence-electron chi connectivity index (χ4n) is 1.90. The first kappa shape index (κ1) is 12.4. The minimum atomic E-state index is -0.119. The molecule has 1 fully saturated rings. The van der Waals surface area contributed by atoms with E-state index in [1.54, 1.807) is 0 Å². The Balaban J connectivity index is 1.84. The predicted octanol–water partition coefficient (Wildman–Crippen LogP) is 3.51. The minimum absolute atomic E-state index is 0.119. The standard InChI is InChI=1S/C15H23NO/c1-15(2,3)17-14-9-7-12(8-10-14)11-16-13-5-4-6-13/h7-10,13,16H,4-6,11H2,1-3H3. The normalized spacial score (nSPS) is 16.6. The molecular formula is C15H23NO. The fourth-order valence-corrected chi connectivity index (χ4v) is 1.90. The van der Waals surface area contributed by atoms with E-state index in [-0.39, 0.29) is 5.60 Å². The SMILES string of the molecule is CC(C)(C)Oc1ccc(CNC2CCC2)cc1. The zero-order valence-electron chi connectivity index (χ0n) is 11.1. The molecule has 1 saturated carbocycles. The van der Waals surface area contributed by atoms with Crippen LogP contribution in [0.3, 0.4) is 0 Å². The number of rotatable bonds is 4. The first-order chi connectivity index (χ1) is 8.03. The van der Waals surface area contributed by atoms with Gasteiger partial charge in [-0.05, 0) is 51.3 Å². The average Bonchev–Trinajstić information content (AvgIpc) is 2.16. The van der Waals surface area contributed by atoms with Crippen molar-refractivity contribution in [1.82, 2.24) is 5.32 Å². The molecule has 17 heavy (non-hydrogen) atoms. The smallest absolute Gasteiger partial charge is 0.120 e. The van der Waals surface area contributed by atoms with Crippen molar-refractivity contribution in [3.8, 4) is 5.75 Å². The second-order valence-electron chi connectivity index (χ2n) is 5.87. The van der Waals surface area contributed by atoms with E-state index < -0.39 is 0 Å². The summed E-state index contributed by atoms with van der Waals surface area (Å²) in [7, 11) is 0. The Labute approximate surface area is 104 Å². The van der Waals surface area contributed by atoms with E-state index in [1.807, 2.05) is 0 Å². The van der Waals surface area contributed by atoms with E-state index in [2.05, 4.69) is 50.4 Å². The molecular weight excluding hydrogens is 210 g/mol. The highest BCUT2D eigenvalue weighted by Gasteiger charge is 2.16. The molecule has 0 amide bonds. The van der Waals surface area contributed by atoms with Gasteiger partial charge in [-0.25, -0.2) is 0 Å². The number of hydrogen-bond acceptors (Lipinski definition) is 2. The van der Waals surface area contributed by atoms with Gasteiger partial charge >= 0.3 is 0 Å². The van der Waals surface area contributed by atoms with E-state index in [9.17, 15) is 0 Å². The van der Waals surface area contributed by atoms with Gasteiger partial charge in [0.2, 0.25) is 0 Å². The third kappa shape index (κ3) is 4.04. The van der Waals surface area contributed by atoms with Crippen molar-refractivity contribution < 1.29 is 4.74 Å². The van der Waals surface area contributed by atoms with Crippen molar-refractivity contribution in [1.29, 1.82) is 0 Å². The minimum Gasteiger partial charge on any atom is -0.488 e. The molecule has 0 spiro atoms. The Bertz CT molecular complexity index is 346. The molecule has 1 aromatic carbocycles. The molecule has 0 aromatic heterocycles. The summed E-state index contributed by atoms with van der Waals surface area (Å²) >= 11 is 0. The molecule has 1 aromatic rings. The second kappa shape index (κ2) is 5.09. The molecule has 0 atom stereocenters. The molecule has 0 unspecified atom stereocenters. The Kier molecular flexibility index (Phi) is 3.72. The van der Waals surface area contributed by atoms with Crippen molar-refractivity contribution in [2.75, 3.05) is 0 Å². The second-order valence-corrected chi connectivity index (χ2v) is 5.87. The summed E-state index contributed by atoms with van der Waals surface area (Å²) in [5, 5.41) is 3.56. The molecule has 0 radical (unpaired) electrons. The summed E-state index contributed by atoms with van der Waals surface area (Å²) in [5.74, 6) is 0.949. The van der Waals surface area contributed by atoms with E-state index in [4.69, 9.17) is 4.74 Å². The number of nitrogens with one attached hydrogen (secondary N) is 1. The summed E-state index contributed by atoms with van der Waals surface area (Å²) in [6.45, 7) is 7.18. The molecule has 0 heterocycles. The van der Waals surface area contributed by atoms with Crippen LogP contribution in [-0.4, -0.2) is 11.6 Å². The first-order valence-electron chi connectivity index (χ1n) is 6.54. The van der Waals surface area contributed by atoms with Crippen LogP contribution in [0.5, 0.6) is 5.75 Å². The molecule has 2 rings (SSSR count). The molecule has 1 N–H and O–H groups in total. The van der Waals surface area contributed by atoms with Gasteiger partial charge in [0.1, 0.15) is 11.4 Å². The highest BCUT2D eigenvalue weighted by molar-refractivity contribution is 5.27. The number of ether oxygens (including phenoxy) is 1. The zero-order valence-corrected chi connectivity index (χ0v) is 11.1. The van der Waals surface area contributed by atoms with Gasteiger partial charge in [-0.1, -0.05) is 18.6 Å². The zero-order chi connectivity index (χ0) is 12.3. The average molecular weight is 233 g/mol. The van der Waals surface area contributed by atoms with Crippen molar-refractivity contribution in [2.24, 2.45) is 0 Å². The molecule has 0 saturated heterocycles. The molecule has 2 heteroatoms. The van der Waals surface area contributed by atoms with E-state index >= 15 is 0 Å². The van der Waals surface area contributed by atoms with Gasteiger partial charge in [-0.2, -0.15) is 0 Å². The third-order valence-corrected chi connectivity index (χ3v) is 3.05. The summed E-state index contributed by atoms with van der Waals surface area (Å²) in [5.41, 5.74) is 1.21. The lowest BCUT2D eigenvalue weighted by Crippen LogP contribution is -2.34. The van der Waals surface area contributed by atoms with Crippen LogP contribution in [0.4, 0.5) is 0 Å². The highest BCUT2D eigenvalue weighted by Crippen LogP contribution is 2.20. The van der Waals surface area contributed by atoms with Crippen LogP contribution < -0.4 is 10.1 Å². The predicted molar refractivity (Wildman–Crippen MR) is 71.3 cm³/mol. The fraction of sp³-hybridized carbons (Fsp3) is 0.600. The maximum Gasteiger partial charge on any atom is 0.120 e.